The molecular formula is C76H105F2N15O27. The van der Waals surface area contributed by atoms with E-state index in [1.807, 2.05) is 0 Å². The van der Waals surface area contributed by atoms with Crippen LogP contribution in [-0.2, 0) is 80.1 Å². The number of primary amides is 2. The molecule has 0 aliphatic carbocycles. The number of unbranched alkanes of at least 4 members (excludes halogenated alkanes) is 4. The average Bonchev–Trinajstić information content (AvgIpc) is 1.60. The van der Waals surface area contributed by atoms with Crippen LogP contribution >= 0.6 is 0 Å². The number of ether oxygens (including phenoxy) is 5. The first-order valence-corrected chi connectivity index (χ1v) is 38.4. The number of hydrogen-bond acceptors (Lipinski definition) is 28. The number of nitrogens with two attached hydrogens (primary N) is 3. The van der Waals surface area contributed by atoms with E-state index in [9.17, 15) is 96.2 Å². The van der Waals surface area contributed by atoms with Crippen LogP contribution in [0.1, 0.15) is 116 Å². The first-order chi connectivity index (χ1) is 56.9. The summed E-state index contributed by atoms with van der Waals surface area (Å²) in [4.78, 5) is 185. The molecule has 15 amide bonds. The molecule has 660 valence electrons. The lowest BCUT2D eigenvalue weighted by atomic mass is 9.98. The molecule has 120 heavy (non-hydrogen) atoms. The molecule has 0 aromatic heterocycles. The number of urea groups is 2. The Hall–Kier alpha value is -11.8. The number of nitro benzene ring substituents is 1. The number of halogens is 2. The highest BCUT2D eigenvalue weighted by Crippen LogP contribution is 2.25. The zero-order valence-corrected chi connectivity index (χ0v) is 66.2. The van der Waals surface area contributed by atoms with Crippen LogP contribution in [0.2, 0.25) is 0 Å². The smallest absolute Gasteiger partial charge is 0.445 e. The average molecular weight is 1700 g/mol. The zero-order valence-electron chi connectivity index (χ0n) is 66.2. The Morgan fingerprint density at radius 1 is 0.533 bits per heavy atom. The van der Waals surface area contributed by atoms with E-state index in [4.69, 9.17) is 56.6 Å². The van der Waals surface area contributed by atoms with E-state index in [-0.39, 0.29) is 137 Å². The van der Waals surface area contributed by atoms with Crippen LogP contribution in [0.5, 0.6) is 5.75 Å². The van der Waals surface area contributed by atoms with Crippen LogP contribution in [0.3, 0.4) is 0 Å². The number of hydrogen-bond donors (Lipinski definition) is 18. The molecule has 42 nitrogen and oxygen atoms in total. The number of carbonyl (C=O) groups excluding carboxylic acids is 14. The number of nitro groups is 1. The molecule has 14 atom stereocenters. The van der Waals surface area contributed by atoms with Gasteiger partial charge in [-0.2, -0.15) is 0 Å². The molecule has 4 heterocycles. The molecule has 4 aliphatic rings. The topological polar surface area (TPSA) is 642 Å². The number of benzene rings is 3. The summed E-state index contributed by atoms with van der Waals surface area (Å²) in [6.45, 7) is 5.88. The molecule has 3 aromatic rings. The molecule has 3 aromatic carbocycles. The van der Waals surface area contributed by atoms with Crippen LogP contribution in [0.15, 0.2) is 97.1 Å². The minimum absolute atomic E-state index is 0.0608. The highest BCUT2D eigenvalue weighted by Gasteiger charge is 2.46. The van der Waals surface area contributed by atoms with Crippen molar-refractivity contribution in [2.24, 2.45) is 29.0 Å². The van der Waals surface area contributed by atoms with E-state index in [2.05, 4.69) is 52.6 Å². The van der Waals surface area contributed by atoms with Crippen LogP contribution in [0, 0.1) is 22.0 Å². The molecule has 2 fully saturated rings. The molecule has 0 spiro atoms. The molecular weight excluding hydrogens is 1590 g/mol. The van der Waals surface area contributed by atoms with Gasteiger partial charge in [0.2, 0.25) is 35.4 Å². The number of amides is 15. The van der Waals surface area contributed by atoms with Gasteiger partial charge in [0.15, 0.2) is 24.9 Å². The van der Waals surface area contributed by atoms with Crippen molar-refractivity contribution in [3.63, 3.8) is 0 Å². The number of carbonyl (C=O) groups is 14. The summed E-state index contributed by atoms with van der Waals surface area (Å²) < 4.78 is 51.8. The quantitative estimate of drug-likeness (QED) is 0.00867. The number of nitrogens with one attached hydrogen (secondary N) is 9. The Morgan fingerprint density at radius 2 is 0.933 bits per heavy atom. The zero-order chi connectivity index (χ0) is 88.9. The third-order valence-corrected chi connectivity index (χ3v) is 18.6. The summed E-state index contributed by atoms with van der Waals surface area (Å²) in [6.07, 6.45) is -6.28. The van der Waals surface area contributed by atoms with Gasteiger partial charge in [-0.3, -0.25) is 67.9 Å². The molecule has 4 aliphatic heterocycles. The summed E-state index contributed by atoms with van der Waals surface area (Å²) in [6, 6.07) is 8.91. The maximum Gasteiger partial charge on any atom is 0.514 e. The maximum atomic E-state index is 14.2. The van der Waals surface area contributed by atoms with E-state index >= 15 is 0 Å². The van der Waals surface area contributed by atoms with E-state index in [1.165, 1.54) is 72.8 Å². The van der Waals surface area contributed by atoms with Crippen molar-refractivity contribution in [1.82, 2.24) is 47.0 Å². The van der Waals surface area contributed by atoms with Gasteiger partial charge in [-0.25, -0.2) is 28.0 Å². The summed E-state index contributed by atoms with van der Waals surface area (Å²) in [7, 11) is 0. The highest BCUT2D eigenvalue weighted by molar-refractivity contribution is 6.13. The van der Waals surface area contributed by atoms with Crippen molar-refractivity contribution >= 4 is 100 Å². The molecule has 6 unspecified atom stereocenters. The third kappa shape index (κ3) is 33.2. The number of aliphatic hydroxyl groups is 6. The van der Waals surface area contributed by atoms with Crippen molar-refractivity contribution in [2.45, 2.75) is 204 Å². The maximum absolute atomic E-state index is 14.2. The number of alkyl carbamates (subject to hydrolysis) is 1. The van der Waals surface area contributed by atoms with Gasteiger partial charge in [0, 0.05) is 86.8 Å². The number of aliphatic hydroxyl groups excluding tert-OH is 6. The fourth-order valence-corrected chi connectivity index (χ4v) is 11.8. The van der Waals surface area contributed by atoms with Gasteiger partial charge in [-0.15, -0.1) is 0 Å². The molecule has 0 radical (unpaired) electrons. The number of nitrogens with zero attached hydrogens (tertiary/aromatic N) is 3. The van der Waals surface area contributed by atoms with E-state index in [1.54, 1.807) is 52.0 Å². The van der Waals surface area contributed by atoms with Crippen LogP contribution < -0.4 is 69.8 Å². The Bertz CT molecular complexity index is 4000. The van der Waals surface area contributed by atoms with Gasteiger partial charge in [-0.1, -0.05) is 64.8 Å². The first kappa shape index (κ1) is 98.8. The molecule has 2 saturated heterocycles. The van der Waals surface area contributed by atoms with Crippen molar-refractivity contribution < 1.29 is 135 Å². The molecule has 0 saturated carbocycles. The Balaban J connectivity index is 0.000000374. The number of anilines is 2. The fourth-order valence-electron chi connectivity index (χ4n) is 11.8. The number of non-ortho nitro benzene ring substituents is 1. The van der Waals surface area contributed by atoms with Crippen LogP contribution in [-0.4, -0.2) is 254 Å². The van der Waals surface area contributed by atoms with E-state index < -0.39 is 152 Å². The van der Waals surface area contributed by atoms with Crippen molar-refractivity contribution in [3.05, 3.63) is 118 Å². The molecule has 0 bridgehead atoms. The van der Waals surface area contributed by atoms with Crippen molar-refractivity contribution in [2.75, 3.05) is 50.0 Å². The second-order valence-electron chi connectivity index (χ2n) is 28.5. The van der Waals surface area contributed by atoms with Gasteiger partial charge in [0.1, 0.15) is 73.6 Å². The summed E-state index contributed by atoms with van der Waals surface area (Å²) >= 11 is 0. The fraction of sp³-hybridized carbons (Fsp3) is 0.526. The SMILES string of the molecule is CC(C)C(NC(=O)CCCCCN1C(=O)C=CC1=O)C(=O)NC(CCCNC(N)=O)C(=O)Nc1ccc(COC(=O)N[C@H]2C(O)O[C@H](CO)[C@@H](F)[C@@H]2O)cc1.CC(C)C(NC(=O)CCCCCN1C(=O)C=CC1=O)C(=O)NC(CCCNC(N)=O)C(=O)Nc1ccc(COC(=O)Oc2ccc([N+](=O)[O-])cc2)cc1.N[C@H]1C(O)O[C@H](CO)[C@@H](F)[C@@H]1O. The Kier molecular flexibility index (Phi) is 41.3. The van der Waals surface area contributed by atoms with Crippen molar-refractivity contribution in [3.8, 4) is 5.75 Å². The Morgan fingerprint density at radius 3 is 1.32 bits per heavy atom. The lowest BCUT2D eigenvalue weighted by Gasteiger charge is -2.38. The van der Waals surface area contributed by atoms with Crippen molar-refractivity contribution in [1.29, 1.82) is 0 Å². The second-order valence-corrected chi connectivity index (χ2v) is 28.5. The predicted octanol–water partition coefficient (Wildman–Crippen LogP) is -0.282. The third-order valence-electron chi connectivity index (χ3n) is 18.6. The predicted molar refractivity (Wildman–Crippen MR) is 417 cm³/mol. The molecule has 7 rings (SSSR count). The van der Waals surface area contributed by atoms with Crippen LogP contribution in [0.4, 0.5) is 45.0 Å². The summed E-state index contributed by atoms with van der Waals surface area (Å²) in [5.41, 5.74) is 17.0. The standard InChI is InChI=1S/C35H50FN7O12.C35H43N7O11.C6H12FNO4/c1-19(2)28(41-24(45)8-4-3-5-16-43-25(46)13-14-26(43)47)32(50)40-22(7-6-15-38-34(37)52)31(49)39-21-11-9-20(10-12-21)18-54-35(53)42-29-30(48)27(36)23(17-44)55-33(29)51;1-22(2)31(40-28(43)8-4-3-5-20-41-29(44)17-18-30(41)45)33(47)39-27(7-6-19-37-34(36)48)32(46)38-24-11-9-23(10-12-24)21-52-35(49)53-26-15-13-25(14-16-26)42(50)51;7-3-2(1-9)12-6(11)4(8)5(3)10/h9-14,19,22-23,27-30,33,44,48,51H,3-8,15-18H2,1-2H3,(H,39,49)(H,40,50)(H,41,45)(H,42,53)(H3,37,38,52);9-18,22,27,31H,3-8,19-21H2,1-2H3,(H,38,46)(H,39,47)(H,40,43)(H3,36,37,48);2-6,9-11H,1,8H2/t22?,23-,27-,28?,29-,30+,33?;;2-,3-,4-,5+,6?/m1.1/s1. The molecule has 44 heteroatoms. The first-order valence-electron chi connectivity index (χ1n) is 38.4. The second kappa shape index (κ2) is 50.2. The lowest BCUT2D eigenvalue weighted by molar-refractivity contribution is -0.384. The minimum atomic E-state index is -2.07. The van der Waals surface area contributed by atoms with Gasteiger partial charge in [0.05, 0.1) is 24.2 Å². The molecule has 21 N–H and O–H groups in total. The van der Waals surface area contributed by atoms with Gasteiger partial charge < -0.3 is 119 Å². The number of alkyl halides is 2. The number of rotatable bonds is 41. The normalized spacial score (nSPS) is 20.8. The van der Waals surface area contributed by atoms with Gasteiger partial charge >= 0.3 is 24.3 Å². The van der Waals surface area contributed by atoms with E-state index in [0.717, 1.165) is 9.80 Å². The lowest BCUT2D eigenvalue weighted by Crippen LogP contribution is -2.63. The summed E-state index contributed by atoms with van der Waals surface area (Å²) in [5.74, 6) is -5.20. The van der Waals surface area contributed by atoms with Gasteiger partial charge in [-0.05, 0) is 111 Å². The van der Waals surface area contributed by atoms with Gasteiger partial charge in [0.25, 0.3) is 29.3 Å². The van der Waals surface area contributed by atoms with Crippen LogP contribution in [0.25, 0.3) is 0 Å². The summed E-state index contributed by atoms with van der Waals surface area (Å²) in [5, 5.41) is 89.8. The minimum Gasteiger partial charge on any atom is -0.445 e. The highest BCUT2D eigenvalue weighted by atomic mass is 19.1. The number of imide groups is 2. The largest absolute Gasteiger partial charge is 0.514 e. The van der Waals surface area contributed by atoms with E-state index in [0.29, 0.717) is 61.0 Å². The monoisotopic (exact) mass is 1700 g/mol. The Labute approximate surface area is 686 Å².